The minimum absolute atomic E-state index is 0.0997. The Morgan fingerprint density at radius 3 is 2.94 bits per heavy atom. The number of hydrogen-bond donors (Lipinski definition) is 1. The Morgan fingerprint density at radius 1 is 1.50 bits per heavy atom. The van der Waals surface area contributed by atoms with Crippen molar-refractivity contribution in [1.82, 2.24) is 14.8 Å². The number of aromatic nitrogens is 3. The molecule has 0 saturated carbocycles. The van der Waals surface area contributed by atoms with Gasteiger partial charge in [0.2, 0.25) is 0 Å². The van der Waals surface area contributed by atoms with Crippen LogP contribution in [0.2, 0.25) is 5.02 Å². The molecule has 0 aliphatic heterocycles. The van der Waals surface area contributed by atoms with Crippen LogP contribution in [0.4, 0.5) is 4.39 Å². The Morgan fingerprint density at radius 2 is 2.28 bits per heavy atom. The van der Waals surface area contributed by atoms with Gasteiger partial charge in [-0.05, 0) is 24.6 Å². The smallest absolute Gasteiger partial charge is 0.142 e. The number of nitrogens with zero attached hydrogens (tertiary/aromatic N) is 3. The van der Waals surface area contributed by atoms with Gasteiger partial charge in [0.15, 0.2) is 0 Å². The van der Waals surface area contributed by atoms with E-state index in [9.17, 15) is 4.39 Å². The summed E-state index contributed by atoms with van der Waals surface area (Å²) in [7, 11) is 0. The van der Waals surface area contributed by atoms with E-state index in [0.29, 0.717) is 12.0 Å². The lowest BCUT2D eigenvalue weighted by atomic mass is 10.0. The zero-order valence-electron chi connectivity index (χ0n) is 9.98. The lowest BCUT2D eigenvalue weighted by Gasteiger charge is -2.12. The standard InChI is InChI=1S/C12H14ClFN4/c1-2-18-12(16-7-17-18)6-11(15)8-3-4-9(13)10(14)5-8/h3-5,7,11H,2,6,15H2,1H3. The monoisotopic (exact) mass is 268 g/mol. The number of aryl methyl sites for hydroxylation is 1. The molecule has 0 spiro atoms. The van der Waals surface area contributed by atoms with Gasteiger partial charge in [-0.15, -0.1) is 0 Å². The minimum atomic E-state index is -0.457. The van der Waals surface area contributed by atoms with E-state index in [1.165, 1.54) is 18.5 Å². The highest BCUT2D eigenvalue weighted by Crippen LogP contribution is 2.21. The molecule has 0 radical (unpaired) electrons. The van der Waals surface area contributed by atoms with Crippen LogP contribution >= 0.6 is 11.6 Å². The summed E-state index contributed by atoms with van der Waals surface area (Å²) in [4.78, 5) is 4.14. The first-order valence-corrected chi connectivity index (χ1v) is 6.06. The van der Waals surface area contributed by atoms with Crippen LogP contribution in [0.5, 0.6) is 0 Å². The molecule has 0 amide bonds. The van der Waals surface area contributed by atoms with E-state index in [1.54, 1.807) is 10.7 Å². The van der Waals surface area contributed by atoms with Crippen molar-refractivity contribution in [2.75, 3.05) is 0 Å². The second-order valence-corrected chi connectivity index (χ2v) is 4.38. The lowest BCUT2D eigenvalue weighted by Crippen LogP contribution is -2.17. The molecule has 0 bridgehead atoms. The Labute approximate surface area is 110 Å². The third-order valence-electron chi connectivity index (χ3n) is 2.77. The summed E-state index contributed by atoms with van der Waals surface area (Å²) in [6, 6.07) is 4.27. The molecule has 18 heavy (non-hydrogen) atoms. The summed E-state index contributed by atoms with van der Waals surface area (Å²) in [6.45, 7) is 2.71. The van der Waals surface area contributed by atoms with Gasteiger partial charge < -0.3 is 5.73 Å². The van der Waals surface area contributed by atoms with Crippen LogP contribution in [0, 0.1) is 5.82 Å². The molecule has 1 heterocycles. The lowest BCUT2D eigenvalue weighted by molar-refractivity contribution is 0.576. The van der Waals surface area contributed by atoms with Gasteiger partial charge in [0.1, 0.15) is 18.0 Å². The molecule has 0 aliphatic carbocycles. The number of nitrogens with two attached hydrogens (primary N) is 1. The molecule has 1 atom stereocenters. The molecule has 2 aromatic rings. The van der Waals surface area contributed by atoms with Gasteiger partial charge in [-0.3, -0.25) is 4.68 Å². The average Bonchev–Trinajstić information content (AvgIpc) is 2.79. The van der Waals surface area contributed by atoms with Crippen LogP contribution < -0.4 is 5.73 Å². The van der Waals surface area contributed by atoms with Crippen molar-refractivity contribution in [3.63, 3.8) is 0 Å². The normalized spacial score (nSPS) is 12.7. The van der Waals surface area contributed by atoms with E-state index >= 15 is 0 Å². The maximum atomic E-state index is 13.3. The molecular formula is C12H14ClFN4. The molecule has 4 nitrogen and oxygen atoms in total. The second kappa shape index (κ2) is 5.46. The van der Waals surface area contributed by atoms with Gasteiger partial charge in [0.05, 0.1) is 5.02 Å². The molecule has 0 fully saturated rings. The fourth-order valence-electron chi connectivity index (χ4n) is 1.77. The van der Waals surface area contributed by atoms with Crippen molar-refractivity contribution < 1.29 is 4.39 Å². The van der Waals surface area contributed by atoms with Crippen LogP contribution in [0.25, 0.3) is 0 Å². The maximum absolute atomic E-state index is 13.3. The largest absolute Gasteiger partial charge is 0.324 e. The number of benzene rings is 1. The molecule has 2 N–H and O–H groups in total. The average molecular weight is 269 g/mol. The molecule has 1 unspecified atom stereocenters. The summed E-state index contributed by atoms with van der Waals surface area (Å²) >= 11 is 5.63. The van der Waals surface area contributed by atoms with E-state index in [1.807, 2.05) is 6.92 Å². The van der Waals surface area contributed by atoms with E-state index < -0.39 is 5.82 Å². The fraction of sp³-hybridized carbons (Fsp3) is 0.333. The molecular weight excluding hydrogens is 255 g/mol. The van der Waals surface area contributed by atoms with Gasteiger partial charge >= 0.3 is 0 Å². The van der Waals surface area contributed by atoms with Gasteiger partial charge in [0, 0.05) is 19.0 Å². The van der Waals surface area contributed by atoms with E-state index in [2.05, 4.69) is 10.1 Å². The highest BCUT2D eigenvalue weighted by Gasteiger charge is 2.13. The quantitative estimate of drug-likeness (QED) is 0.926. The van der Waals surface area contributed by atoms with Crippen molar-refractivity contribution in [3.05, 3.63) is 46.8 Å². The Hall–Kier alpha value is -1.46. The molecule has 1 aromatic heterocycles. The van der Waals surface area contributed by atoms with Crippen LogP contribution in [-0.4, -0.2) is 14.8 Å². The molecule has 6 heteroatoms. The third-order valence-corrected chi connectivity index (χ3v) is 3.08. The van der Waals surface area contributed by atoms with Crippen molar-refractivity contribution in [1.29, 1.82) is 0 Å². The Balaban J connectivity index is 2.16. The highest BCUT2D eigenvalue weighted by molar-refractivity contribution is 6.30. The zero-order valence-corrected chi connectivity index (χ0v) is 10.7. The predicted octanol–water partition coefficient (Wildman–Crippen LogP) is 2.33. The first-order chi connectivity index (χ1) is 8.61. The summed E-state index contributed by atoms with van der Waals surface area (Å²) in [5, 5.41) is 4.17. The topological polar surface area (TPSA) is 56.7 Å². The molecule has 1 aromatic carbocycles. The maximum Gasteiger partial charge on any atom is 0.142 e. The van der Waals surface area contributed by atoms with E-state index in [4.69, 9.17) is 17.3 Å². The van der Waals surface area contributed by atoms with Crippen molar-refractivity contribution in [2.24, 2.45) is 5.73 Å². The van der Waals surface area contributed by atoms with Crippen LogP contribution in [0.3, 0.4) is 0 Å². The van der Waals surface area contributed by atoms with Crippen LogP contribution in [0.1, 0.15) is 24.4 Å². The van der Waals surface area contributed by atoms with Crippen LogP contribution in [0.15, 0.2) is 24.5 Å². The molecule has 0 aliphatic rings. The van der Waals surface area contributed by atoms with Gasteiger partial charge in [-0.2, -0.15) is 5.10 Å². The molecule has 2 rings (SSSR count). The highest BCUT2D eigenvalue weighted by atomic mass is 35.5. The van der Waals surface area contributed by atoms with Crippen molar-refractivity contribution in [2.45, 2.75) is 25.9 Å². The first-order valence-electron chi connectivity index (χ1n) is 5.69. The first kappa shape index (κ1) is 13.0. The molecule has 96 valence electrons. The van der Waals surface area contributed by atoms with Crippen molar-refractivity contribution in [3.8, 4) is 0 Å². The van der Waals surface area contributed by atoms with E-state index in [-0.39, 0.29) is 11.1 Å². The van der Waals surface area contributed by atoms with Crippen molar-refractivity contribution >= 4 is 11.6 Å². The second-order valence-electron chi connectivity index (χ2n) is 3.98. The van der Waals surface area contributed by atoms with Gasteiger partial charge in [-0.1, -0.05) is 17.7 Å². The molecule has 0 saturated heterocycles. The Kier molecular flexibility index (Phi) is 3.93. The Bertz CT molecular complexity index is 541. The summed E-state index contributed by atoms with van der Waals surface area (Å²) in [5.74, 6) is 0.335. The summed E-state index contributed by atoms with van der Waals surface area (Å²) in [6.07, 6.45) is 2.00. The summed E-state index contributed by atoms with van der Waals surface area (Å²) in [5.41, 5.74) is 6.73. The third kappa shape index (κ3) is 2.68. The van der Waals surface area contributed by atoms with Gasteiger partial charge in [0.25, 0.3) is 0 Å². The number of hydrogen-bond acceptors (Lipinski definition) is 3. The number of rotatable bonds is 4. The van der Waals surface area contributed by atoms with Crippen LogP contribution in [-0.2, 0) is 13.0 Å². The van der Waals surface area contributed by atoms with E-state index in [0.717, 1.165) is 12.4 Å². The summed E-state index contributed by atoms with van der Waals surface area (Å²) < 4.78 is 15.1. The predicted molar refractivity (Wildman–Crippen MR) is 67.7 cm³/mol. The minimum Gasteiger partial charge on any atom is -0.324 e. The number of halogens is 2. The zero-order chi connectivity index (χ0) is 13.1. The van der Waals surface area contributed by atoms with Gasteiger partial charge in [-0.25, -0.2) is 9.37 Å². The SMILES string of the molecule is CCn1ncnc1CC(N)c1ccc(Cl)c(F)c1. The fourth-order valence-corrected chi connectivity index (χ4v) is 1.89.